The average Bonchev–Trinajstić information content (AvgIpc) is 2.69. The third-order valence-electron chi connectivity index (χ3n) is 3.95. The van der Waals surface area contributed by atoms with Crippen LogP contribution in [0.5, 0.6) is 0 Å². The van der Waals surface area contributed by atoms with Gasteiger partial charge in [-0.3, -0.25) is 4.68 Å². The van der Waals surface area contributed by atoms with E-state index < -0.39 is 0 Å². The molecule has 1 aromatic rings. The molecule has 0 aliphatic carbocycles. The lowest BCUT2D eigenvalue weighted by Crippen LogP contribution is -2.45. The highest BCUT2D eigenvalue weighted by Gasteiger charge is 2.18. The topological polar surface area (TPSA) is 33.1 Å². The molecular formula is C15H28N4. The van der Waals surface area contributed by atoms with Crippen LogP contribution in [0.2, 0.25) is 0 Å². The minimum Gasteiger partial charge on any atom is -0.313 e. The molecule has 1 N–H and O–H groups in total. The van der Waals surface area contributed by atoms with Crippen molar-refractivity contribution in [1.29, 1.82) is 0 Å². The molecule has 1 aliphatic rings. The Morgan fingerprint density at radius 3 is 2.89 bits per heavy atom. The van der Waals surface area contributed by atoms with Gasteiger partial charge < -0.3 is 10.2 Å². The predicted octanol–water partition coefficient (Wildman–Crippen LogP) is 1.96. The summed E-state index contributed by atoms with van der Waals surface area (Å²) in [6.45, 7) is 12.2. The first-order chi connectivity index (χ1) is 9.19. The highest BCUT2D eigenvalue weighted by atomic mass is 15.3. The van der Waals surface area contributed by atoms with E-state index in [9.17, 15) is 0 Å². The second-order valence-corrected chi connectivity index (χ2v) is 5.70. The van der Waals surface area contributed by atoms with E-state index >= 15 is 0 Å². The number of nitrogens with one attached hydrogen (secondary N) is 1. The van der Waals surface area contributed by atoms with Gasteiger partial charge in [0, 0.05) is 24.8 Å². The predicted molar refractivity (Wildman–Crippen MR) is 79.5 cm³/mol. The normalized spacial score (nSPS) is 20.9. The van der Waals surface area contributed by atoms with Crippen molar-refractivity contribution in [2.24, 2.45) is 0 Å². The molecular weight excluding hydrogens is 236 g/mol. The Labute approximate surface area is 117 Å². The number of piperidine rings is 1. The van der Waals surface area contributed by atoms with E-state index in [4.69, 9.17) is 0 Å². The molecule has 1 atom stereocenters. The van der Waals surface area contributed by atoms with Crippen LogP contribution >= 0.6 is 0 Å². The summed E-state index contributed by atoms with van der Waals surface area (Å²) >= 11 is 0. The Balaban J connectivity index is 1.72. The summed E-state index contributed by atoms with van der Waals surface area (Å²) in [5.41, 5.74) is 2.41. The number of hydrogen-bond acceptors (Lipinski definition) is 3. The fraction of sp³-hybridized carbons (Fsp3) is 0.800. The molecule has 0 aromatic carbocycles. The standard InChI is InChI=1S/C15H28N4/c1-4-16-15-7-5-8-18(12-15)9-6-10-19-14(3)11-13(2)17-19/h11,15-16H,4-10,12H2,1-3H3. The molecule has 4 heteroatoms. The monoisotopic (exact) mass is 264 g/mol. The molecule has 1 fully saturated rings. The average molecular weight is 264 g/mol. The third kappa shape index (κ3) is 4.32. The Hall–Kier alpha value is -0.870. The smallest absolute Gasteiger partial charge is 0.0596 e. The lowest BCUT2D eigenvalue weighted by Gasteiger charge is -2.33. The van der Waals surface area contributed by atoms with Gasteiger partial charge in [-0.25, -0.2) is 0 Å². The van der Waals surface area contributed by atoms with Gasteiger partial charge in [0.15, 0.2) is 0 Å². The highest BCUT2D eigenvalue weighted by molar-refractivity contribution is 5.06. The second-order valence-electron chi connectivity index (χ2n) is 5.70. The molecule has 1 aliphatic heterocycles. The van der Waals surface area contributed by atoms with Crippen molar-refractivity contribution in [3.05, 3.63) is 17.5 Å². The molecule has 0 radical (unpaired) electrons. The summed E-state index contributed by atoms with van der Waals surface area (Å²) in [6.07, 6.45) is 3.86. The van der Waals surface area contributed by atoms with Crippen LogP contribution in [0, 0.1) is 13.8 Å². The van der Waals surface area contributed by atoms with Gasteiger partial charge in [0.25, 0.3) is 0 Å². The van der Waals surface area contributed by atoms with Crippen LogP contribution in [0.25, 0.3) is 0 Å². The van der Waals surface area contributed by atoms with E-state index in [0.29, 0.717) is 6.04 Å². The zero-order valence-corrected chi connectivity index (χ0v) is 12.7. The van der Waals surface area contributed by atoms with E-state index in [2.05, 4.69) is 46.8 Å². The summed E-state index contributed by atoms with van der Waals surface area (Å²) in [5.74, 6) is 0. The Morgan fingerprint density at radius 2 is 2.21 bits per heavy atom. The Kier molecular flexibility index (Phi) is 5.40. The molecule has 108 valence electrons. The van der Waals surface area contributed by atoms with Crippen LogP contribution in [0.4, 0.5) is 0 Å². The van der Waals surface area contributed by atoms with Gasteiger partial charge >= 0.3 is 0 Å². The minimum absolute atomic E-state index is 0.701. The zero-order chi connectivity index (χ0) is 13.7. The third-order valence-corrected chi connectivity index (χ3v) is 3.95. The fourth-order valence-electron chi connectivity index (χ4n) is 3.06. The largest absolute Gasteiger partial charge is 0.313 e. The van der Waals surface area contributed by atoms with Crippen molar-refractivity contribution in [3.8, 4) is 0 Å². The van der Waals surface area contributed by atoms with Crippen LogP contribution in [-0.4, -0.2) is 46.9 Å². The lowest BCUT2D eigenvalue weighted by atomic mass is 10.1. The Bertz CT molecular complexity index is 383. The molecule has 1 unspecified atom stereocenters. The zero-order valence-electron chi connectivity index (χ0n) is 12.7. The van der Waals surface area contributed by atoms with E-state index in [1.54, 1.807) is 0 Å². The van der Waals surface area contributed by atoms with E-state index in [0.717, 1.165) is 18.8 Å². The molecule has 0 spiro atoms. The van der Waals surface area contributed by atoms with Crippen LogP contribution < -0.4 is 5.32 Å². The first kappa shape index (κ1) is 14.5. The van der Waals surface area contributed by atoms with Gasteiger partial charge in [-0.1, -0.05) is 6.92 Å². The Morgan fingerprint density at radius 1 is 1.37 bits per heavy atom. The van der Waals surface area contributed by atoms with Gasteiger partial charge in [0.1, 0.15) is 0 Å². The molecule has 1 aromatic heterocycles. The molecule has 1 saturated heterocycles. The lowest BCUT2D eigenvalue weighted by molar-refractivity contribution is 0.187. The van der Waals surface area contributed by atoms with Crippen molar-refractivity contribution in [2.45, 2.75) is 52.6 Å². The number of nitrogens with zero attached hydrogens (tertiary/aromatic N) is 3. The number of likely N-dealkylation sites (tertiary alicyclic amines) is 1. The van der Waals surface area contributed by atoms with Gasteiger partial charge in [0.2, 0.25) is 0 Å². The number of aryl methyl sites for hydroxylation is 3. The van der Waals surface area contributed by atoms with Crippen LogP contribution in [0.3, 0.4) is 0 Å². The van der Waals surface area contributed by atoms with Gasteiger partial charge in [0.05, 0.1) is 5.69 Å². The molecule has 0 amide bonds. The summed E-state index contributed by atoms with van der Waals surface area (Å²) in [4.78, 5) is 2.60. The van der Waals surface area contributed by atoms with E-state index in [1.807, 2.05) is 0 Å². The maximum atomic E-state index is 4.52. The quantitative estimate of drug-likeness (QED) is 0.852. The van der Waals surface area contributed by atoms with Crippen molar-refractivity contribution < 1.29 is 0 Å². The SMILES string of the molecule is CCNC1CCCN(CCCn2nc(C)cc2C)C1. The fourth-order valence-corrected chi connectivity index (χ4v) is 3.06. The molecule has 4 nitrogen and oxygen atoms in total. The number of rotatable bonds is 6. The van der Waals surface area contributed by atoms with Crippen molar-refractivity contribution >= 4 is 0 Å². The molecule has 0 saturated carbocycles. The summed E-state index contributed by atoms with van der Waals surface area (Å²) in [7, 11) is 0. The molecule has 2 heterocycles. The number of aromatic nitrogens is 2. The minimum atomic E-state index is 0.701. The van der Waals surface area contributed by atoms with E-state index in [1.165, 1.54) is 44.6 Å². The van der Waals surface area contributed by atoms with E-state index in [-0.39, 0.29) is 0 Å². The molecule has 0 bridgehead atoms. The highest BCUT2D eigenvalue weighted by Crippen LogP contribution is 2.11. The molecule has 2 rings (SSSR count). The summed E-state index contributed by atoms with van der Waals surface area (Å²) in [5, 5.41) is 8.10. The number of likely N-dealkylation sites (N-methyl/N-ethyl adjacent to an activating group) is 1. The van der Waals surface area contributed by atoms with Gasteiger partial charge in [-0.05, 0) is 58.8 Å². The summed E-state index contributed by atoms with van der Waals surface area (Å²) in [6, 6.07) is 2.86. The van der Waals surface area contributed by atoms with Crippen LogP contribution in [0.15, 0.2) is 6.07 Å². The first-order valence-electron chi connectivity index (χ1n) is 7.66. The van der Waals surface area contributed by atoms with Gasteiger partial charge in [-0.15, -0.1) is 0 Å². The first-order valence-corrected chi connectivity index (χ1v) is 7.66. The van der Waals surface area contributed by atoms with Crippen LogP contribution in [0.1, 0.15) is 37.6 Å². The van der Waals surface area contributed by atoms with Crippen molar-refractivity contribution in [1.82, 2.24) is 20.0 Å². The maximum Gasteiger partial charge on any atom is 0.0596 e. The van der Waals surface area contributed by atoms with Crippen LogP contribution in [-0.2, 0) is 6.54 Å². The van der Waals surface area contributed by atoms with Gasteiger partial charge in [-0.2, -0.15) is 5.10 Å². The summed E-state index contributed by atoms with van der Waals surface area (Å²) < 4.78 is 2.14. The number of hydrogen-bond donors (Lipinski definition) is 1. The molecule has 19 heavy (non-hydrogen) atoms. The maximum absolute atomic E-state index is 4.52. The second kappa shape index (κ2) is 7.06. The van der Waals surface area contributed by atoms with Crippen molar-refractivity contribution in [2.75, 3.05) is 26.2 Å². The van der Waals surface area contributed by atoms with Crippen molar-refractivity contribution in [3.63, 3.8) is 0 Å².